The zero-order valence-electron chi connectivity index (χ0n) is 21.8. The Kier molecular flexibility index (Phi) is 7.06. The third kappa shape index (κ3) is 6.51. The van der Waals surface area contributed by atoms with Crippen molar-refractivity contribution in [2.45, 2.75) is 83.6 Å². The summed E-state index contributed by atoms with van der Waals surface area (Å²) in [4.78, 5) is 10.1. The number of alkyl halides is 6. The molecule has 2 saturated carbocycles. The van der Waals surface area contributed by atoms with Gasteiger partial charge in [0, 0.05) is 37.4 Å². The summed E-state index contributed by atoms with van der Waals surface area (Å²) in [6, 6.07) is 4.63. The number of pyridine rings is 1. The Bertz CT molecular complexity index is 1300. The molecule has 13 heteroatoms. The van der Waals surface area contributed by atoms with E-state index < -0.39 is 23.5 Å². The fourth-order valence-electron chi connectivity index (χ4n) is 4.76. The van der Waals surface area contributed by atoms with Gasteiger partial charge in [-0.15, -0.1) is 5.10 Å². The van der Waals surface area contributed by atoms with E-state index in [0.717, 1.165) is 60.3 Å². The molecule has 2 heterocycles. The topological polar surface area (TPSA) is 63.0 Å². The largest absolute Gasteiger partial charge is 0.416 e. The van der Waals surface area contributed by atoms with Gasteiger partial charge >= 0.3 is 12.4 Å². The number of halogens is 6. The molecule has 1 aromatic carbocycles. The quantitative estimate of drug-likeness (QED) is 0.322. The number of hydrogen-bond donors (Lipinski definition) is 0. The maximum atomic E-state index is 13.5. The Labute approximate surface area is 221 Å². The van der Waals surface area contributed by atoms with Crippen molar-refractivity contribution < 1.29 is 26.3 Å². The van der Waals surface area contributed by atoms with Crippen LogP contribution in [0.1, 0.15) is 64.9 Å². The Morgan fingerprint density at radius 3 is 1.92 bits per heavy atom. The number of nitrogens with zero attached hydrogens (tertiary/aromatic N) is 7. The van der Waals surface area contributed by atoms with Crippen LogP contribution in [0.25, 0.3) is 0 Å². The first-order valence-electron chi connectivity index (χ1n) is 12.8. The second-order valence-electron chi connectivity index (χ2n) is 10.5. The summed E-state index contributed by atoms with van der Waals surface area (Å²) in [5.41, 5.74) is 0.571. The average molecular weight is 554 g/mol. The number of aromatic nitrogens is 5. The molecular weight excluding hydrogens is 524 g/mol. The fraction of sp³-hybridized carbons (Fsp3) is 0.538. The summed E-state index contributed by atoms with van der Waals surface area (Å²) in [7, 11) is 1.53. The van der Waals surface area contributed by atoms with Crippen molar-refractivity contribution in [3.63, 3.8) is 0 Å². The van der Waals surface area contributed by atoms with E-state index in [0.29, 0.717) is 18.6 Å². The number of hydrogen-bond acceptors (Lipinski definition) is 6. The highest BCUT2D eigenvalue weighted by Gasteiger charge is 2.40. The van der Waals surface area contributed by atoms with E-state index in [1.165, 1.54) is 16.7 Å². The lowest BCUT2D eigenvalue weighted by Gasteiger charge is -2.26. The minimum atomic E-state index is -4.94. The van der Waals surface area contributed by atoms with Crippen LogP contribution in [-0.4, -0.2) is 42.2 Å². The third-order valence-electron chi connectivity index (χ3n) is 7.16. The van der Waals surface area contributed by atoms with E-state index in [-0.39, 0.29) is 30.7 Å². The molecule has 5 rings (SSSR count). The van der Waals surface area contributed by atoms with Crippen LogP contribution in [0.15, 0.2) is 24.3 Å². The molecular formula is C26H29F6N7. The molecule has 2 fully saturated rings. The van der Waals surface area contributed by atoms with Gasteiger partial charge in [0.15, 0.2) is 0 Å². The van der Waals surface area contributed by atoms with Crippen LogP contribution in [0.2, 0.25) is 0 Å². The second-order valence-corrected chi connectivity index (χ2v) is 10.5. The van der Waals surface area contributed by atoms with Gasteiger partial charge < -0.3 is 4.90 Å². The van der Waals surface area contributed by atoms with Crippen LogP contribution in [0.3, 0.4) is 0 Å². The first kappa shape index (κ1) is 27.4. The lowest BCUT2D eigenvalue weighted by atomic mass is 10.0. The summed E-state index contributed by atoms with van der Waals surface area (Å²) >= 11 is 0. The van der Waals surface area contributed by atoms with Gasteiger partial charge in [-0.05, 0) is 79.6 Å². The van der Waals surface area contributed by atoms with Crippen LogP contribution in [0.5, 0.6) is 0 Å². The highest BCUT2D eigenvalue weighted by Crippen LogP contribution is 2.39. The Balaban J connectivity index is 1.51. The fourth-order valence-corrected chi connectivity index (χ4v) is 4.76. The van der Waals surface area contributed by atoms with E-state index in [2.05, 4.69) is 20.3 Å². The van der Waals surface area contributed by atoms with Crippen LogP contribution < -0.4 is 4.90 Å². The highest BCUT2D eigenvalue weighted by molar-refractivity contribution is 5.40. The molecule has 7 nitrogen and oxygen atoms in total. The number of anilines is 1. The summed E-state index contributed by atoms with van der Waals surface area (Å²) in [5.74, 6) is 0.0916. The van der Waals surface area contributed by atoms with Crippen molar-refractivity contribution in [3.8, 4) is 0 Å². The van der Waals surface area contributed by atoms with Gasteiger partial charge in [0.25, 0.3) is 5.95 Å². The summed E-state index contributed by atoms with van der Waals surface area (Å²) in [6.07, 6.45) is -5.31. The maximum Gasteiger partial charge on any atom is 0.416 e. The zero-order chi connectivity index (χ0) is 28.1. The molecule has 2 aromatic heterocycles. The molecule has 3 aromatic rings. The van der Waals surface area contributed by atoms with E-state index >= 15 is 0 Å². The normalized spacial score (nSPS) is 16.3. The Morgan fingerprint density at radius 1 is 0.846 bits per heavy atom. The number of rotatable bonds is 9. The molecule has 0 saturated heterocycles. The van der Waals surface area contributed by atoms with Crippen molar-refractivity contribution in [2.24, 2.45) is 7.05 Å². The van der Waals surface area contributed by atoms with E-state index in [4.69, 9.17) is 4.98 Å². The summed E-state index contributed by atoms with van der Waals surface area (Å²) < 4.78 is 81.1. The third-order valence-corrected chi connectivity index (χ3v) is 7.16. The highest BCUT2D eigenvalue weighted by atomic mass is 19.4. The average Bonchev–Trinajstić information content (AvgIpc) is 3.77. The Hall–Kier alpha value is -3.22. The van der Waals surface area contributed by atoms with Crippen molar-refractivity contribution in [2.75, 3.05) is 4.90 Å². The molecule has 0 amide bonds. The van der Waals surface area contributed by atoms with Gasteiger partial charge in [-0.25, -0.2) is 0 Å². The number of tetrazole rings is 1. The molecule has 2 aliphatic carbocycles. The van der Waals surface area contributed by atoms with Crippen LogP contribution in [0.4, 0.5) is 32.3 Å². The predicted octanol–water partition coefficient (Wildman–Crippen LogP) is 5.59. The van der Waals surface area contributed by atoms with Crippen molar-refractivity contribution in [3.05, 3.63) is 63.5 Å². The standard InChI is InChI=1S/C26H29F6N7/c1-15-8-18(23(33-16(15)2)14-39(21-4-5-21)22-6-7-22)13-38(24-34-36-37(3)35-24)12-17-9-19(25(27,28)29)11-20(10-17)26(30,31)32/h8-11,21-22H,4-7,12-14H2,1-3H3. The van der Waals surface area contributed by atoms with Gasteiger partial charge in [-0.3, -0.25) is 9.88 Å². The molecule has 210 valence electrons. The molecule has 0 atom stereocenters. The van der Waals surface area contributed by atoms with Gasteiger partial charge in [0.05, 0.1) is 23.9 Å². The van der Waals surface area contributed by atoms with Crippen LogP contribution in [0, 0.1) is 13.8 Å². The van der Waals surface area contributed by atoms with Gasteiger partial charge in [0.1, 0.15) is 0 Å². The molecule has 2 aliphatic rings. The van der Waals surface area contributed by atoms with Crippen LogP contribution in [-0.2, 0) is 39.0 Å². The van der Waals surface area contributed by atoms with Gasteiger partial charge in [0.2, 0.25) is 0 Å². The summed E-state index contributed by atoms with van der Waals surface area (Å²) in [6.45, 7) is 4.32. The maximum absolute atomic E-state index is 13.5. The molecule has 0 aliphatic heterocycles. The molecule has 0 bridgehead atoms. The minimum Gasteiger partial charge on any atom is -0.329 e. The number of aryl methyl sites for hydroxylation is 3. The lowest BCUT2D eigenvalue weighted by molar-refractivity contribution is -0.143. The first-order chi connectivity index (χ1) is 18.3. The molecule has 0 radical (unpaired) electrons. The van der Waals surface area contributed by atoms with Gasteiger partial charge in [-0.1, -0.05) is 11.2 Å². The summed E-state index contributed by atoms with van der Waals surface area (Å²) in [5, 5.41) is 12.0. The number of benzene rings is 1. The van der Waals surface area contributed by atoms with Crippen molar-refractivity contribution >= 4 is 5.95 Å². The monoisotopic (exact) mass is 553 g/mol. The molecule has 39 heavy (non-hydrogen) atoms. The lowest BCUT2D eigenvalue weighted by Crippen LogP contribution is -2.30. The van der Waals surface area contributed by atoms with Crippen molar-refractivity contribution in [1.82, 2.24) is 30.1 Å². The second kappa shape index (κ2) is 10.1. The smallest absolute Gasteiger partial charge is 0.329 e. The predicted molar refractivity (Wildman–Crippen MR) is 130 cm³/mol. The van der Waals surface area contributed by atoms with E-state index in [9.17, 15) is 26.3 Å². The molecule has 0 N–H and O–H groups in total. The molecule has 0 spiro atoms. The first-order valence-corrected chi connectivity index (χ1v) is 12.8. The zero-order valence-corrected chi connectivity index (χ0v) is 21.8. The van der Waals surface area contributed by atoms with Crippen LogP contribution >= 0.6 is 0 Å². The van der Waals surface area contributed by atoms with E-state index in [1.807, 2.05) is 19.9 Å². The minimum absolute atomic E-state index is 0.0916. The Morgan fingerprint density at radius 2 is 1.44 bits per heavy atom. The van der Waals surface area contributed by atoms with Crippen molar-refractivity contribution in [1.29, 1.82) is 0 Å². The SMILES string of the molecule is Cc1cc(CN(Cc2cc(C(F)(F)F)cc(C(F)(F)F)c2)c2nnn(C)n2)c(CN(C2CC2)C2CC2)nc1C. The van der Waals surface area contributed by atoms with E-state index in [1.54, 1.807) is 0 Å². The van der Waals surface area contributed by atoms with Gasteiger partial charge in [-0.2, -0.15) is 31.1 Å². The molecule has 0 unspecified atom stereocenters.